The normalized spacial score (nSPS) is 11.6. The van der Waals surface area contributed by atoms with E-state index in [4.69, 9.17) is 29.9 Å². The first-order valence-corrected chi connectivity index (χ1v) is 20.3. The van der Waals surface area contributed by atoms with Gasteiger partial charge in [0.15, 0.2) is 34.2 Å². The van der Waals surface area contributed by atoms with Crippen LogP contribution in [-0.2, 0) is 0 Å². The zero-order valence-electron chi connectivity index (χ0n) is 32.7. The first-order chi connectivity index (χ1) is 30.2. The molecule has 0 aliphatic heterocycles. The van der Waals surface area contributed by atoms with Crippen LogP contribution in [0.4, 0.5) is 0 Å². The van der Waals surface area contributed by atoms with Crippen LogP contribution in [-0.4, -0.2) is 34.5 Å². The molecular weight excluding hydrogens is 747 g/mol. The maximum atomic E-state index is 5.22. The van der Waals surface area contributed by atoms with Crippen LogP contribution in [0.25, 0.3) is 116 Å². The number of benzene rings is 8. The molecule has 8 aromatic carbocycles. The average molecular weight is 780 g/mol. The predicted octanol–water partition coefficient (Wildman–Crippen LogP) is 13.1. The SMILES string of the molecule is c1ccc(-c2nc3nc(n2)c2cccc(c2)c2cccc(c2)c2nc(-c4ccc5c(c4)c4ccccc4n5-c4ccccc4)nc(n2)c2cccc(c2)c2cccc3c2)cc1. The molecule has 0 atom stereocenters. The van der Waals surface area contributed by atoms with Gasteiger partial charge in [-0.3, -0.25) is 0 Å². The van der Waals surface area contributed by atoms with Gasteiger partial charge in [-0.25, -0.2) is 29.9 Å². The van der Waals surface area contributed by atoms with Crippen LogP contribution in [0, 0.1) is 0 Å². The molecular formula is C54H33N7. The standard InChI is InChI=1S/C54H33N7/c1-3-13-34(14-4-1)49-55-50-39-19-9-15-35(29-39)37-17-11-21-41(31-37)52-58-53(42-22-12-18-38(32-42)36-16-10-20-40(30-36)51(56-49)57-50)60-54(59-52)43-27-28-48-46(33-43)45-25-7-8-26-47(45)61(48)44-23-5-2-6-24-44/h1-33H. The van der Waals surface area contributed by atoms with Gasteiger partial charge in [-0.05, 0) is 82.2 Å². The lowest BCUT2D eigenvalue weighted by molar-refractivity contribution is 1.17. The summed E-state index contributed by atoms with van der Waals surface area (Å²) in [6, 6.07) is 69.2. The van der Waals surface area contributed by atoms with Crippen LogP contribution in [0.2, 0.25) is 0 Å². The van der Waals surface area contributed by atoms with E-state index in [1.807, 2.05) is 36.4 Å². The van der Waals surface area contributed by atoms with Gasteiger partial charge in [0.25, 0.3) is 0 Å². The van der Waals surface area contributed by atoms with Crippen molar-refractivity contribution < 1.29 is 0 Å². The van der Waals surface area contributed by atoms with Gasteiger partial charge < -0.3 is 4.57 Å². The van der Waals surface area contributed by atoms with Gasteiger partial charge >= 0.3 is 0 Å². The Morgan fingerprint density at radius 1 is 0.262 bits per heavy atom. The van der Waals surface area contributed by atoms with Crippen molar-refractivity contribution in [3.05, 3.63) is 200 Å². The predicted molar refractivity (Wildman–Crippen MR) is 250 cm³/mol. The quantitative estimate of drug-likeness (QED) is 0.178. The van der Waals surface area contributed by atoms with Crippen molar-refractivity contribution in [3.8, 4) is 28.5 Å². The minimum absolute atomic E-state index is 0.591. The highest BCUT2D eigenvalue weighted by atomic mass is 15.0. The second-order valence-corrected chi connectivity index (χ2v) is 15.2. The zero-order valence-corrected chi connectivity index (χ0v) is 32.7. The number of para-hydroxylation sites is 2. The molecule has 7 nitrogen and oxygen atoms in total. The molecule has 7 heteroatoms. The minimum atomic E-state index is 0.591. The molecule has 0 N–H and O–H groups in total. The van der Waals surface area contributed by atoms with Crippen LogP contribution in [0.3, 0.4) is 0 Å². The molecule has 12 rings (SSSR count). The van der Waals surface area contributed by atoms with Crippen molar-refractivity contribution in [3.63, 3.8) is 0 Å². The summed E-state index contributed by atoms with van der Waals surface area (Å²) in [5.41, 5.74) is 7.60. The van der Waals surface area contributed by atoms with E-state index in [1.54, 1.807) is 0 Å². The first-order valence-electron chi connectivity index (χ1n) is 20.3. The number of hydrogen-bond acceptors (Lipinski definition) is 6. The molecule has 0 fully saturated rings. The van der Waals surface area contributed by atoms with Crippen LogP contribution < -0.4 is 0 Å². The lowest BCUT2D eigenvalue weighted by atomic mass is 10.1. The highest BCUT2D eigenvalue weighted by Crippen LogP contribution is 2.35. The molecule has 12 bridgehead atoms. The molecule has 12 aromatic rings. The van der Waals surface area contributed by atoms with Crippen molar-refractivity contribution in [1.82, 2.24) is 34.5 Å². The lowest BCUT2D eigenvalue weighted by Gasteiger charge is -2.08. The Labute approximate surface area is 349 Å². The Bertz CT molecular complexity index is 3680. The Morgan fingerprint density at radius 3 is 1.18 bits per heavy atom. The fraction of sp³-hybridized carbons (Fsp3) is 0. The summed E-state index contributed by atoms with van der Waals surface area (Å²) in [6.07, 6.45) is 0. The molecule has 4 heterocycles. The molecule has 0 saturated carbocycles. The summed E-state index contributed by atoms with van der Waals surface area (Å²) in [7, 11) is 0. The largest absolute Gasteiger partial charge is 0.309 e. The second kappa shape index (κ2) is 14.1. The van der Waals surface area contributed by atoms with E-state index in [1.165, 1.54) is 5.39 Å². The number of rotatable bonds is 3. The van der Waals surface area contributed by atoms with E-state index in [2.05, 4.69) is 168 Å². The van der Waals surface area contributed by atoms with Crippen molar-refractivity contribution in [1.29, 1.82) is 0 Å². The zero-order chi connectivity index (χ0) is 40.3. The van der Waals surface area contributed by atoms with E-state index < -0.39 is 0 Å². The van der Waals surface area contributed by atoms with Gasteiger partial charge in [0.2, 0.25) is 0 Å². The fourth-order valence-corrected chi connectivity index (χ4v) is 8.43. The number of nitrogens with zero attached hydrogens (tertiary/aromatic N) is 7. The first kappa shape index (κ1) is 34.6. The molecule has 0 aliphatic carbocycles. The maximum absolute atomic E-state index is 5.22. The number of aromatic nitrogens is 7. The molecule has 0 aliphatic rings. The third-order valence-electron chi connectivity index (χ3n) is 11.4. The molecule has 0 unspecified atom stereocenters. The summed E-state index contributed by atoms with van der Waals surface area (Å²) < 4.78 is 2.32. The van der Waals surface area contributed by atoms with Crippen LogP contribution in [0.15, 0.2) is 200 Å². The summed E-state index contributed by atoms with van der Waals surface area (Å²) in [6.45, 7) is 0. The van der Waals surface area contributed by atoms with Gasteiger partial charge in [0, 0.05) is 49.1 Å². The van der Waals surface area contributed by atoms with E-state index in [0.29, 0.717) is 34.2 Å². The molecule has 284 valence electrons. The van der Waals surface area contributed by atoms with E-state index in [-0.39, 0.29) is 0 Å². The molecule has 0 spiro atoms. The third-order valence-corrected chi connectivity index (χ3v) is 11.4. The average Bonchev–Trinajstić information content (AvgIpc) is 3.68. The van der Waals surface area contributed by atoms with Gasteiger partial charge in [-0.15, -0.1) is 0 Å². The highest BCUT2D eigenvalue weighted by Gasteiger charge is 2.15. The van der Waals surface area contributed by atoms with Crippen molar-refractivity contribution in [2.24, 2.45) is 0 Å². The smallest absolute Gasteiger partial charge is 0.164 e. The third kappa shape index (κ3) is 6.15. The Balaban J connectivity index is 1.17. The van der Waals surface area contributed by atoms with Crippen molar-refractivity contribution in [2.75, 3.05) is 0 Å². The molecule has 0 amide bonds. The van der Waals surface area contributed by atoms with Gasteiger partial charge in [-0.2, -0.15) is 0 Å². The van der Waals surface area contributed by atoms with E-state index >= 15 is 0 Å². The number of hydrogen-bond donors (Lipinski definition) is 0. The summed E-state index contributed by atoms with van der Waals surface area (Å²) >= 11 is 0. The van der Waals surface area contributed by atoms with Crippen molar-refractivity contribution in [2.45, 2.75) is 0 Å². The molecule has 0 radical (unpaired) electrons. The maximum Gasteiger partial charge on any atom is 0.164 e. The number of fused-ring (bicyclic) bond motifs is 21. The molecule has 4 aromatic heterocycles. The fourth-order valence-electron chi connectivity index (χ4n) is 8.43. The van der Waals surface area contributed by atoms with E-state index in [9.17, 15) is 0 Å². The molecule has 0 saturated heterocycles. The Kier molecular flexibility index (Phi) is 8.03. The Hall–Kier alpha value is -8.42. The summed E-state index contributed by atoms with van der Waals surface area (Å²) in [5.74, 6) is 1.22. The minimum Gasteiger partial charge on any atom is -0.309 e. The monoisotopic (exact) mass is 779 g/mol. The summed E-state index contributed by atoms with van der Waals surface area (Å²) in [5, 5.41) is 9.93. The summed E-state index contributed by atoms with van der Waals surface area (Å²) in [4.78, 5) is 30.8. The van der Waals surface area contributed by atoms with Gasteiger partial charge in [0.05, 0.1) is 11.0 Å². The van der Waals surface area contributed by atoms with E-state index in [0.717, 1.165) is 76.3 Å². The highest BCUT2D eigenvalue weighted by molar-refractivity contribution is 6.10. The van der Waals surface area contributed by atoms with Gasteiger partial charge in [0.1, 0.15) is 0 Å². The topological polar surface area (TPSA) is 82.3 Å². The van der Waals surface area contributed by atoms with Crippen LogP contribution in [0.1, 0.15) is 0 Å². The second-order valence-electron chi connectivity index (χ2n) is 15.2. The Morgan fingerprint density at radius 2 is 0.672 bits per heavy atom. The van der Waals surface area contributed by atoms with Crippen LogP contribution in [0.5, 0.6) is 0 Å². The molecule has 61 heavy (non-hydrogen) atoms. The van der Waals surface area contributed by atoms with Crippen molar-refractivity contribution >= 4 is 87.5 Å². The lowest BCUT2D eigenvalue weighted by Crippen LogP contribution is -1.95. The van der Waals surface area contributed by atoms with Gasteiger partial charge in [-0.1, -0.05) is 140 Å². The van der Waals surface area contributed by atoms with Crippen LogP contribution >= 0.6 is 0 Å².